The first-order valence-electron chi connectivity index (χ1n) is 4.03. The summed E-state index contributed by atoms with van der Waals surface area (Å²) in [7, 11) is 1.68. The van der Waals surface area contributed by atoms with Crippen molar-refractivity contribution in [2.45, 2.75) is 39.7 Å². The number of methoxy groups -OCH3 is 1. The van der Waals surface area contributed by atoms with Gasteiger partial charge in [-0.25, -0.2) is 0 Å². The monoisotopic (exact) mass is 154 g/mol. The molecular weight excluding hydrogens is 136 g/mol. The van der Waals surface area contributed by atoms with E-state index in [4.69, 9.17) is 4.74 Å². The van der Waals surface area contributed by atoms with E-state index >= 15 is 0 Å². The van der Waals surface area contributed by atoms with Crippen molar-refractivity contribution in [3.63, 3.8) is 0 Å². The second kappa shape index (κ2) is 4.41. The Morgan fingerprint density at radius 1 is 1.36 bits per heavy atom. The van der Waals surface area contributed by atoms with Gasteiger partial charge in [0, 0.05) is 13.5 Å². The predicted octanol–water partition coefficient (Wildman–Crippen LogP) is 2.46. The van der Waals surface area contributed by atoms with Crippen molar-refractivity contribution in [2.75, 3.05) is 7.11 Å². The number of ether oxygens (including phenoxy) is 1. The molecule has 11 heavy (non-hydrogen) atoms. The Morgan fingerprint density at radius 3 is 2.27 bits per heavy atom. The minimum Gasteiger partial charge on any atom is -0.366 e. The van der Waals surface area contributed by atoms with Gasteiger partial charge in [-0.05, 0) is 19.8 Å². The molecular formula is C10H18O. The van der Waals surface area contributed by atoms with Crippen LogP contribution in [0.5, 0.6) is 0 Å². The lowest BCUT2D eigenvalue weighted by molar-refractivity contribution is 0.0740. The molecule has 0 radical (unpaired) electrons. The fraction of sp³-hybridized carbons (Fsp3) is 0.800. The number of hydrogen-bond donors (Lipinski definition) is 0. The molecule has 64 valence electrons. The van der Waals surface area contributed by atoms with Gasteiger partial charge in [-0.2, -0.15) is 0 Å². The highest BCUT2D eigenvalue weighted by Gasteiger charge is 2.10. The molecule has 0 rings (SSSR count). The van der Waals surface area contributed by atoms with Crippen LogP contribution < -0.4 is 0 Å². The summed E-state index contributed by atoms with van der Waals surface area (Å²) in [6.45, 7) is 8.27. The van der Waals surface area contributed by atoms with Gasteiger partial charge in [-0.3, -0.25) is 0 Å². The molecule has 0 amide bonds. The normalized spacial score (nSPS) is 11.1. The maximum absolute atomic E-state index is 5.15. The Balaban J connectivity index is 3.86. The standard InChI is InChI=1S/C10H18O/c1-9(2)7-6-8-10(3,4)11-5/h9H,7H2,1-5H3. The summed E-state index contributed by atoms with van der Waals surface area (Å²) in [4.78, 5) is 0. The topological polar surface area (TPSA) is 9.23 Å². The first kappa shape index (κ1) is 10.5. The summed E-state index contributed by atoms with van der Waals surface area (Å²) in [5.74, 6) is 6.82. The molecule has 0 spiro atoms. The van der Waals surface area contributed by atoms with E-state index in [1.807, 2.05) is 13.8 Å². The highest BCUT2D eigenvalue weighted by atomic mass is 16.5. The molecule has 0 atom stereocenters. The molecule has 0 aromatic rings. The largest absolute Gasteiger partial charge is 0.366 e. The van der Waals surface area contributed by atoms with Gasteiger partial charge < -0.3 is 4.74 Å². The average molecular weight is 154 g/mol. The summed E-state index contributed by atoms with van der Waals surface area (Å²) >= 11 is 0. The van der Waals surface area contributed by atoms with Crippen molar-refractivity contribution in [1.29, 1.82) is 0 Å². The van der Waals surface area contributed by atoms with Gasteiger partial charge in [0.1, 0.15) is 5.60 Å². The number of rotatable bonds is 2. The zero-order chi connectivity index (χ0) is 8.91. The third kappa shape index (κ3) is 5.94. The Bertz CT molecular complexity index is 157. The molecule has 0 saturated heterocycles. The van der Waals surface area contributed by atoms with E-state index in [0.717, 1.165) is 6.42 Å². The first-order chi connectivity index (χ1) is 4.98. The minimum atomic E-state index is -0.283. The lowest BCUT2D eigenvalue weighted by Gasteiger charge is -2.14. The van der Waals surface area contributed by atoms with E-state index in [0.29, 0.717) is 5.92 Å². The Morgan fingerprint density at radius 2 is 1.91 bits per heavy atom. The molecule has 0 N–H and O–H groups in total. The molecule has 0 aliphatic carbocycles. The van der Waals surface area contributed by atoms with Crippen molar-refractivity contribution in [3.05, 3.63) is 0 Å². The molecule has 1 nitrogen and oxygen atoms in total. The van der Waals surface area contributed by atoms with Crippen LogP contribution in [0.3, 0.4) is 0 Å². The summed E-state index contributed by atoms with van der Waals surface area (Å²) in [6.07, 6.45) is 0.951. The molecule has 0 heterocycles. The Hall–Kier alpha value is -0.480. The molecule has 0 saturated carbocycles. The van der Waals surface area contributed by atoms with Crippen LogP contribution in [0.15, 0.2) is 0 Å². The predicted molar refractivity (Wildman–Crippen MR) is 48.3 cm³/mol. The lowest BCUT2D eigenvalue weighted by atomic mass is 10.1. The zero-order valence-electron chi connectivity index (χ0n) is 8.19. The van der Waals surface area contributed by atoms with Crippen LogP contribution in [0.25, 0.3) is 0 Å². The van der Waals surface area contributed by atoms with Gasteiger partial charge in [0.2, 0.25) is 0 Å². The van der Waals surface area contributed by atoms with Gasteiger partial charge >= 0.3 is 0 Å². The van der Waals surface area contributed by atoms with Crippen LogP contribution in [-0.2, 0) is 4.74 Å². The van der Waals surface area contributed by atoms with Gasteiger partial charge in [-0.15, -0.1) is 5.92 Å². The van der Waals surface area contributed by atoms with Gasteiger partial charge in [0.25, 0.3) is 0 Å². The van der Waals surface area contributed by atoms with Crippen LogP contribution in [-0.4, -0.2) is 12.7 Å². The first-order valence-corrected chi connectivity index (χ1v) is 4.03. The fourth-order valence-electron chi connectivity index (χ4n) is 0.519. The van der Waals surface area contributed by atoms with E-state index in [9.17, 15) is 0 Å². The molecule has 1 heteroatoms. The highest BCUT2D eigenvalue weighted by Crippen LogP contribution is 2.05. The van der Waals surface area contributed by atoms with E-state index in [1.54, 1.807) is 7.11 Å². The Kier molecular flexibility index (Phi) is 4.22. The van der Waals surface area contributed by atoms with E-state index < -0.39 is 0 Å². The summed E-state index contributed by atoms with van der Waals surface area (Å²) in [5, 5.41) is 0. The summed E-state index contributed by atoms with van der Waals surface area (Å²) < 4.78 is 5.15. The molecule has 0 aromatic heterocycles. The summed E-state index contributed by atoms with van der Waals surface area (Å²) in [5.41, 5.74) is -0.283. The molecule has 0 fully saturated rings. The van der Waals surface area contributed by atoms with Crippen molar-refractivity contribution in [2.24, 2.45) is 5.92 Å². The van der Waals surface area contributed by atoms with Gasteiger partial charge in [-0.1, -0.05) is 19.8 Å². The SMILES string of the molecule is COC(C)(C)C#CCC(C)C. The summed E-state index contributed by atoms with van der Waals surface area (Å²) in [6, 6.07) is 0. The van der Waals surface area contributed by atoms with E-state index in [2.05, 4.69) is 25.7 Å². The maximum Gasteiger partial charge on any atom is 0.122 e. The smallest absolute Gasteiger partial charge is 0.122 e. The molecule has 0 aliphatic heterocycles. The molecule has 0 bridgehead atoms. The van der Waals surface area contributed by atoms with Crippen molar-refractivity contribution < 1.29 is 4.74 Å². The third-order valence-corrected chi connectivity index (χ3v) is 1.41. The van der Waals surface area contributed by atoms with Crippen LogP contribution >= 0.6 is 0 Å². The molecule has 0 aromatic carbocycles. The zero-order valence-corrected chi connectivity index (χ0v) is 8.19. The second-order valence-electron chi connectivity index (χ2n) is 3.61. The number of hydrogen-bond acceptors (Lipinski definition) is 1. The maximum atomic E-state index is 5.15. The van der Waals surface area contributed by atoms with Crippen molar-refractivity contribution in [3.8, 4) is 11.8 Å². The third-order valence-electron chi connectivity index (χ3n) is 1.41. The van der Waals surface area contributed by atoms with Crippen molar-refractivity contribution in [1.82, 2.24) is 0 Å². The molecule has 0 unspecified atom stereocenters. The quantitative estimate of drug-likeness (QED) is 0.555. The van der Waals surface area contributed by atoms with Crippen molar-refractivity contribution >= 4 is 0 Å². The molecule has 0 aliphatic rings. The van der Waals surface area contributed by atoms with Gasteiger partial charge in [0.15, 0.2) is 0 Å². The van der Waals surface area contributed by atoms with Crippen LogP contribution in [0.2, 0.25) is 0 Å². The lowest BCUT2D eigenvalue weighted by Crippen LogP contribution is -2.19. The second-order valence-corrected chi connectivity index (χ2v) is 3.61. The Labute approximate surface area is 70.1 Å². The van der Waals surface area contributed by atoms with Crippen LogP contribution in [0.1, 0.15) is 34.1 Å². The minimum absolute atomic E-state index is 0.283. The van der Waals surface area contributed by atoms with E-state index in [1.165, 1.54) is 0 Å². The van der Waals surface area contributed by atoms with Gasteiger partial charge in [0.05, 0.1) is 0 Å². The van der Waals surface area contributed by atoms with Crippen LogP contribution in [0.4, 0.5) is 0 Å². The van der Waals surface area contributed by atoms with Crippen LogP contribution in [0, 0.1) is 17.8 Å². The average Bonchev–Trinajstić information content (AvgIpc) is 1.87. The van der Waals surface area contributed by atoms with E-state index in [-0.39, 0.29) is 5.60 Å². The fourth-order valence-corrected chi connectivity index (χ4v) is 0.519. The highest BCUT2D eigenvalue weighted by molar-refractivity contribution is 5.10.